The van der Waals surface area contributed by atoms with E-state index in [9.17, 15) is 13.2 Å². The standard InChI is InChI=1S/C21H18ClNO4S/c1-28(25,26)19-7-4-6-15(13-19)21(24)23-17-9-11-18(12-10-17)27-14-16-5-2-3-8-20(16)22/h2-13H,14H2,1H3,(H,23,24). The Morgan fingerprint density at radius 3 is 2.39 bits per heavy atom. The Labute approximate surface area is 168 Å². The van der Waals surface area contributed by atoms with Crippen molar-refractivity contribution in [2.45, 2.75) is 11.5 Å². The van der Waals surface area contributed by atoms with E-state index in [1.807, 2.05) is 18.2 Å². The maximum absolute atomic E-state index is 12.4. The van der Waals surface area contributed by atoms with Crippen LogP contribution in [0.5, 0.6) is 5.75 Å². The highest BCUT2D eigenvalue weighted by molar-refractivity contribution is 7.90. The van der Waals surface area contributed by atoms with Crippen LogP contribution in [0.2, 0.25) is 5.02 Å². The number of halogens is 1. The lowest BCUT2D eigenvalue weighted by Gasteiger charge is -2.10. The molecular weight excluding hydrogens is 398 g/mol. The lowest BCUT2D eigenvalue weighted by molar-refractivity contribution is 0.102. The van der Waals surface area contributed by atoms with E-state index in [4.69, 9.17) is 16.3 Å². The maximum Gasteiger partial charge on any atom is 0.255 e. The van der Waals surface area contributed by atoms with Crippen LogP contribution in [0, 0.1) is 0 Å². The minimum atomic E-state index is -3.38. The molecule has 0 heterocycles. The van der Waals surface area contributed by atoms with Gasteiger partial charge in [0.05, 0.1) is 4.90 Å². The molecule has 0 aliphatic carbocycles. The van der Waals surface area contributed by atoms with Crippen LogP contribution in [0.4, 0.5) is 5.69 Å². The van der Waals surface area contributed by atoms with Crippen LogP contribution in [0.15, 0.2) is 77.7 Å². The number of rotatable bonds is 6. The van der Waals surface area contributed by atoms with Crippen LogP contribution in [0.1, 0.15) is 15.9 Å². The second-order valence-electron chi connectivity index (χ2n) is 6.16. The van der Waals surface area contributed by atoms with Crippen LogP contribution in [-0.4, -0.2) is 20.6 Å². The molecule has 0 unspecified atom stereocenters. The molecule has 0 fully saturated rings. The van der Waals surface area contributed by atoms with Gasteiger partial charge in [0.25, 0.3) is 5.91 Å². The molecule has 0 spiro atoms. The summed E-state index contributed by atoms with van der Waals surface area (Å²) in [5, 5.41) is 3.38. The molecule has 28 heavy (non-hydrogen) atoms. The van der Waals surface area contributed by atoms with Crippen molar-refractivity contribution in [1.82, 2.24) is 0 Å². The van der Waals surface area contributed by atoms with Crippen molar-refractivity contribution in [3.63, 3.8) is 0 Å². The van der Waals surface area contributed by atoms with Gasteiger partial charge in [0.2, 0.25) is 0 Å². The summed E-state index contributed by atoms with van der Waals surface area (Å²) in [4.78, 5) is 12.5. The fourth-order valence-electron chi connectivity index (χ4n) is 2.48. The number of sulfone groups is 1. The van der Waals surface area contributed by atoms with Gasteiger partial charge < -0.3 is 10.1 Å². The monoisotopic (exact) mass is 415 g/mol. The number of carbonyl (C=O) groups is 1. The van der Waals surface area contributed by atoms with Gasteiger partial charge in [-0.3, -0.25) is 4.79 Å². The highest BCUT2D eigenvalue weighted by atomic mass is 35.5. The number of hydrogen-bond acceptors (Lipinski definition) is 4. The van der Waals surface area contributed by atoms with Gasteiger partial charge in [-0.15, -0.1) is 0 Å². The zero-order valence-corrected chi connectivity index (χ0v) is 16.6. The zero-order valence-electron chi connectivity index (χ0n) is 15.1. The predicted octanol–water partition coefficient (Wildman–Crippen LogP) is 4.57. The van der Waals surface area contributed by atoms with Crippen LogP contribution in [-0.2, 0) is 16.4 Å². The normalized spacial score (nSPS) is 11.1. The summed E-state index contributed by atoms with van der Waals surface area (Å²) >= 11 is 6.11. The molecular formula is C21H18ClNO4S. The second kappa shape index (κ2) is 8.46. The summed E-state index contributed by atoms with van der Waals surface area (Å²) < 4.78 is 29.0. The van der Waals surface area contributed by atoms with Gasteiger partial charge in [-0.1, -0.05) is 35.9 Å². The second-order valence-corrected chi connectivity index (χ2v) is 8.58. The Bertz CT molecular complexity index is 1100. The third-order valence-corrected chi connectivity index (χ3v) is 5.47. The van der Waals surface area contributed by atoms with E-state index in [2.05, 4.69) is 5.32 Å². The first kappa shape index (κ1) is 19.9. The summed E-state index contributed by atoms with van der Waals surface area (Å²) in [5.41, 5.74) is 1.72. The first-order chi connectivity index (χ1) is 13.3. The van der Waals surface area contributed by atoms with E-state index in [-0.39, 0.29) is 10.5 Å². The number of nitrogens with one attached hydrogen (secondary N) is 1. The molecule has 0 saturated carbocycles. The largest absolute Gasteiger partial charge is 0.489 e. The maximum atomic E-state index is 12.4. The van der Waals surface area contributed by atoms with Gasteiger partial charge in [-0.2, -0.15) is 0 Å². The smallest absolute Gasteiger partial charge is 0.255 e. The first-order valence-corrected chi connectivity index (χ1v) is 10.7. The number of amides is 1. The molecule has 7 heteroatoms. The SMILES string of the molecule is CS(=O)(=O)c1cccc(C(=O)Nc2ccc(OCc3ccccc3Cl)cc2)c1. The molecule has 3 aromatic carbocycles. The minimum Gasteiger partial charge on any atom is -0.489 e. The molecule has 0 bridgehead atoms. The fourth-order valence-corrected chi connectivity index (χ4v) is 3.34. The van der Waals surface area contributed by atoms with Crippen molar-refractivity contribution in [3.8, 4) is 5.75 Å². The summed E-state index contributed by atoms with van der Waals surface area (Å²) in [5.74, 6) is 0.243. The van der Waals surface area contributed by atoms with Crippen LogP contribution >= 0.6 is 11.6 Å². The van der Waals surface area contributed by atoms with Gasteiger partial charge in [-0.05, 0) is 48.5 Å². The van der Waals surface area contributed by atoms with Crippen molar-refractivity contribution < 1.29 is 17.9 Å². The molecule has 0 aromatic heterocycles. The summed E-state index contributed by atoms with van der Waals surface area (Å²) in [7, 11) is -3.38. The van der Waals surface area contributed by atoms with E-state index in [0.29, 0.717) is 23.1 Å². The lowest BCUT2D eigenvalue weighted by Crippen LogP contribution is -2.12. The van der Waals surface area contributed by atoms with Gasteiger partial charge in [0, 0.05) is 28.1 Å². The van der Waals surface area contributed by atoms with Crippen molar-refractivity contribution in [2.24, 2.45) is 0 Å². The topological polar surface area (TPSA) is 72.5 Å². The van der Waals surface area contributed by atoms with Crippen LogP contribution < -0.4 is 10.1 Å². The van der Waals surface area contributed by atoms with E-state index < -0.39 is 15.7 Å². The van der Waals surface area contributed by atoms with Gasteiger partial charge >= 0.3 is 0 Å². The molecule has 0 atom stereocenters. The van der Waals surface area contributed by atoms with E-state index >= 15 is 0 Å². The van der Waals surface area contributed by atoms with Crippen molar-refractivity contribution in [1.29, 1.82) is 0 Å². The van der Waals surface area contributed by atoms with Gasteiger partial charge in [0.15, 0.2) is 9.84 Å². The van der Waals surface area contributed by atoms with Gasteiger partial charge in [-0.25, -0.2) is 8.42 Å². The molecule has 0 radical (unpaired) electrons. The van der Waals surface area contributed by atoms with Gasteiger partial charge in [0.1, 0.15) is 12.4 Å². The molecule has 1 amide bonds. The molecule has 144 valence electrons. The Balaban J connectivity index is 1.64. The number of carbonyl (C=O) groups excluding carboxylic acids is 1. The Kier molecular flexibility index (Phi) is 6.02. The zero-order chi connectivity index (χ0) is 20.1. The molecule has 1 N–H and O–H groups in total. The van der Waals surface area contributed by atoms with Crippen molar-refractivity contribution >= 4 is 33.0 Å². The summed E-state index contributed by atoms with van der Waals surface area (Å²) in [6.07, 6.45) is 1.10. The lowest BCUT2D eigenvalue weighted by atomic mass is 10.2. The first-order valence-electron chi connectivity index (χ1n) is 8.41. The predicted molar refractivity (Wildman–Crippen MR) is 110 cm³/mol. The molecule has 3 aromatic rings. The van der Waals surface area contributed by atoms with Crippen LogP contribution in [0.25, 0.3) is 0 Å². The molecule has 0 aliphatic rings. The fraction of sp³-hybridized carbons (Fsp3) is 0.0952. The van der Waals surface area contributed by atoms with E-state index in [1.54, 1.807) is 36.4 Å². The molecule has 3 rings (SSSR count). The average Bonchev–Trinajstić information content (AvgIpc) is 2.68. The Hall–Kier alpha value is -2.83. The molecule has 0 aliphatic heterocycles. The molecule has 0 saturated heterocycles. The average molecular weight is 416 g/mol. The highest BCUT2D eigenvalue weighted by Gasteiger charge is 2.12. The van der Waals surface area contributed by atoms with E-state index in [1.165, 1.54) is 18.2 Å². The number of hydrogen-bond donors (Lipinski definition) is 1. The minimum absolute atomic E-state index is 0.100. The van der Waals surface area contributed by atoms with Crippen molar-refractivity contribution in [2.75, 3.05) is 11.6 Å². The quantitative estimate of drug-likeness (QED) is 0.639. The Morgan fingerprint density at radius 1 is 1.00 bits per heavy atom. The number of ether oxygens (including phenoxy) is 1. The Morgan fingerprint density at radius 2 is 1.71 bits per heavy atom. The highest BCUT2D eigenvalue weighted by Crippen LogP contribution is 2.21. The summed E-state index contributed by atoms with van der Waals surface area (Å²) in [6.45, 7) is 0.337. The third kappa shape index (κ3) is 5.12. The molecule has 5 nitrogen and oxygen atoms in total. The van der Waals surface area contributed by atoms with Crippen molar-refractivity contribution in [3.05, 3.63) is 88.9 Å². The van der Waals surface area contributed by atoms with Crippen LogP contribution in [0.3, 0.4) is 0 Å². The number of anilines is 1. The van der Waals surface area contributed by atoms with E-state index in [0.717, 1.165) is 11.8 Å². The summed E-state index contributed by atoms with van der Waals surface area (Å²) in [6, 6.07) is 20.2. The third-order valence-electron chi connectivity index (χ3n) is 3.99. The number of benzene rings is 3.